The summed E-state index contributed by atoms with van der Waals surface area (Å²) in [6, 6.07) is 11.4. The van der Waals surface area contributed by atoms with Gasteiger partial charge in [-0.15, -0.1) is 0 Å². The quantitative estimate of drug-likeness (QED) is 0.432. The summed E-state index contributed by atoms with van der Waals surface area (Å²) in [5.41, 5.74) is 3.22. The highest BCUT2D eigenvalue weighted by Gasteiger charge is 2.31. The Hall–Kier alpha value is -3.51. The van der Waals surface area contributed by atoms with Crippen LogP contribution in [0.3, 0.4) is 0 Å². The van der Waals surface area contributed by atoms with E-state index in [1.54, 1.807) is 32.0 Å². The van der Waals surface area contributed by atoms with E-state index < -0.39 is 32.0 Å². The molecule has 0 spiro atoms. The van der Waals surface area contributed by atoms with Gasteiger partial charge in [0.25, 0.3) is 10.0 Å². The van der Waals surface area contributed by atoms with Gasteiger partial charge in [0.2, 0.25) is 21.9 Å². The Morgan fingerprint density at radius 1 is 0.972 bits per heavy atom. The van der Waals surface area contributed by atoms with Crippen LogP contribution in [0.1, 0.15) is 30.2 Å². The molecule has 12 heteroatoms. The molecule has 0 unspecified atom stereocenters. The first-order valence-corrected chi connectivity index (χ1v) is 14.4. The van der Waals surface area contributed by atoms with Crippen molar-refractivity contribution < 1.29 is 21.6 Å². The molecule has 3 rings (SSSR count). The number of hydrogen-bond donors (Lipinski definition) is 2. The van der Waals surface area contributed by atoms with Crippen molar-refractivity contribution >= 4 is 43.3 Å². The molecule has 10 nitrogen and oxygen atoms in total. The van der Waals surface area contributed by atoms with Crippen LogP contribution in [0.2, 0.25) is 0 Å². The van der Waals surface area contributed by atoms with Crippen LogP contribution in [0, 0.1) is 20.8 Å². The Labute approximate surface area is 211 Å². The minimum atomic E-state index is -3.95. The van der Waals surface area contributed by atoms with E-state index in [1.807, 2.05) is 19.9 Å². The van der Waals surface area contributed by atoms with Gasteiger partial charge in [-0.1, -0.05) is 13.0 Å². The topological polar surface area (TPSA) is 138 Å². The first kappa shape index (κ1) is 27.1. The van der Waals surface area contributed by atoms with Gasteiger partial charge in [0.05, 0.1) is 16.8 Å². The Kier molecular flexibility index (Phi) is 7.99. The molecular weight excluding hydrogens is 502 g/mol. The molecule has 36 heavy (non-hydrogen) atoms. The minimum Gasteiger partial charge on any atom is -0.324 e. The lowest BCUT2D eigenvalue weighted by Crippen LogP contribution is -2.47. The Bertz CT molecular complexity index is 1470. The zero-order valence-corrected chi connectivity index (χ0v) is 22.3. The van der Waals surface area contributed by atoms with E-state index in [9.17, 15) is 21.6 Å². The average molecular weight is 532 g/mol. The SMILES string of the molecule is CC[C@H](C(=O)Nc1ccc(S(=O)(=O)Nc2nccc(C)n2)cc1)N(c1ccc(C)c(C)c1)S(C)(=O)=O. The number of nitrogens with zero attached hydrogens (tertiary/aromatic N) is 3. The van der Waals surface area contributed by atoms with Crippen molar-refractivity contribution in [2.45, 2.75) is 45.1 Å². The second kappa shape index (κ2) is 10.6. The lowest BCUT2D eigenvalue weighted by Gasteiger charge is -2.30. The van der Waals surface area contributed by atoms with Crippen LogP contribution >= 0.6 is 0 Å². The van der Waals surface area contributed by atoms with Crippen LogP contribution in [-0.2, 0) is 24.8 Å². The van der Waals surface area contributed by atoms with Gasteiger partial charge in [0.15, 0.2) is 0 Å². The number of carbonyl (C=O) groups is 1. The van der Waals surface area contributed by atoms with Gasteiger partial charge in [-0.25, -0.2) is 31.5 Å². The summed E-state index contributed by atoms with van der Waals surface area (Å²) in [6.07, 6.45) is 2.72. The maximum Gasteiger partial charge on any atom is 0.264 e. The highest BCUT2D eigenvalue weighted by atomic mass is 32.2. The Morgan fingerprint density at radius 2 is 1.64 bits per heavy atom. The molecule has 3 aromatic rings. The van der Waals surface area contributed by atoms with Gasteiger partial charge < -0.3 is 5.32 Å². The number of aromatic nitrogens is 2. The molecule has 1 heterocycles. The lowest BCUT2D eigenvalue weighted by atomic mass is 10.1. The molecule has 0 radical (unpaired) electrons. The zero-order chi connectivity index (χ0) is 26.7. The van der Waals surface area contributed by atoms with E-state index in [4.69, 9.17) is 0 Å². The lowest BCUT2D eigenvalue weighted by molar-refractivity contribution is -0.117. The summed E-state index contributed by atoms with van der Waals surface area (Å²) in [4.78, 5) is 21.0. The molecule has 0 saturated heterocycles. The van der Waals surface area contributed by atoms with Crippen LogP contribution in [-0.4, -0.2) is 45.0 Å². The number of benzene rings is 2. The van der Waals surface area contributed by atoms with E-state index >= 15 is 0 Å². The molecule has 0 aliphatic heterocycles. The van der Waals surface area contributed by atoms with Crippen molar-refractivity contribution in [3.63, 3.8) is 0 Å². The van der Waals surface area contributed by atoms with Gasteiger partial charge >= 0.3 is 0 Å². The summed E-state index contributed by atoms with van der Waals surface area (Å²) in [6.45, 7) is 7.22. The minimum absolute atomic E-state index is 0.0504. The summed E-state index contributed by atoms with van der Waals surface area (Å²) in [7, 11) is -7.73. The van der Waals surface area contributed by atoms with E-state index in [0.29, 0.717) is 17.1 Å². The monoisotopic (exact) mass is 531 g/mol. The third-order valence-corrected chi connectivity index (χ3v) is 8.05. The number of rotatable bonds is 9. The summed E-state index contributed by atoms with van der Waals surface area (Å²) >= 11 is 0. The van der Waals surface area contributed by atoms with Gasteiger partial charge in [0.1, 0.15) is 6.04 Å². The normalized spacial score (nSPS) is 12.6. The molecule has 1 atom stereocenters. The zero-order valence-electron chi connectivity index (χ0n) is 20.7. The standard InChI is InChI=1S/C24H29N5O5S2/c1-6-22(29(35(5,31)32)20-10-7-16(2)17(3)15-20)23(30)27-19-8-11-21(12-9-19)36(33,34)28-24-25-14-13-18(4)26-24/h7-15,22H,6H2,1-5H3,(H,27,30)(H,25,26,28)/t22-/m1/s1. The summed E-state index contributed by atoms with van der Waals surface area (Å²) in [5, 5.41) is 2.69. The number of sulfonamides is 2. The second-order valence-corrected chi connectivity index (χ2v) is 11.9. The van der Waals surface area contributed by atoms with E-state index in [0.717, 1.165) is 21.7 Å². The molecule has 0 bridgehead atoms. The largest absolute Gasteiger partial charge is 0.324 e. The number of carbonyl (C=O) groups excluding carboxylic acids is 1. The smallest absolute Gasteiger partial charge is 0.264 e. The van der Waals surface area contributed by atoms with Crippen molar-refractivity contribution in [1.82, 2.24) is 9.97 Å². The average Bonchev–Trinajstić information content (AvgIpc) is 2.78. The summed E-state index contributed by atoms with van der Waals surface area (Å²) in [5.74, 6) is -0.589. The molecule has 2 N–H and O–H groups in total. The molecule has 0 saturated carbocycles. The van der Waals surface area contributed by atoms with E-state index in [2.05, 4.69) is 20.0 Å². The van der Waals surface area contributed by atoms with Crippen molar-refractivity contribution in [3.8, 4) is 0 Å². The number of hydrogen-bond acceptors (Lipinski definition) is 7. The van der Waals surface area contributed by atoms with Crippen LogP contribution in [0.15, 0.2) is 59.6 Å². The highest BCUT2D eigenvalue weighted by Crippen LogP contribution is 2.26. The predicted molar refractivity (Wildman–Crippen MR) is 140 cm³/mol. The third-order valence-electron chi connectivity index (χ3n) is 5.53. The molecule has 0 aliphatic carbocycles. The van der Waals surface area contributed by atoms with Crippen LogP contribution in [0.5, 0.6) is 0 Å². The van der Waals surface area contributed by atoms with Crippen LogP contribution in [0.25, 0.3) is 0 Å². The molecule has 0 fully saturated rings. The summed E-state index contributed by atoms with van der Waals surface area (Å²) < 4.78 is 54.1. The molecular formula is C24H29N5O5S2. The molecule has 0 aliphatic rings. The van der Waals surface area contributed by atoms with Gasteiger partial charge in [-0.2, -0.15) is 0 Å². The Morgan fingerprint density at radius 3 is 2.19 bits per heavy atom. The highest BCUT2D eigenvalue weighted by molar-refractivity contribution is 7.92. The predicted octanol–water partition coefficient (Wildman–Crippen LogP) is 3.39. The number of aryl methyl sites for hydroxylation is 3. The maximum atomic E-state index is 13.1. The molecule has 2 aromatic carbocycles. The third kappa shape index (κ3) is 6.38. The van der Waals surface area contributed by atoms with E-state index in [-0.39, 0.29) is 17.3 Å². The van der Waals surface area contributed by atoms with Gasteiger partial charge in [0, 0.05) is 17.6 Å². The van der Waals surface area contributed by atoms with Crippen molar-refractivity contribution in [1.29, 1.82) is 0 Å². The fourth-order valence-electron chi connectivity index (χ4n) is 3.54. The van der Waals surface area contributed by atoms with Crippen molar-refractivity contribution in [2.75, 3.05) is 20.6 Å². The fraction of sp³-hybridized carbons (Fsp3) is 0.292. The van der Waals surface area contributed by atoms with Gasteiger partial charge in [-0.3, -0.25) is 9.10 Å². The maximum absolute atomic E-state index is 13.1. The Balaban J connectivity index is 1.82. The second-order valence-electron chi connectivity index (χ2n) is 8.39. The van der Waals surface area contributed by atoms with Crippen LogP contribution < -0.4 is 14.3 Å². The first-order valence-electron chi connectivity index (χ1n) is 11.1. The van der Waals surface area contributed by atoms with Crippen molar-refractivity contribution in [3.05, 3.63) is 71.5 Å². The first-order chi connectivity index (χ1) is 16.8. The molecule has 1 aromatic heterocycles. The number of anilines is 3. The number of nitrogens with one attached hydrogen (secondary N) is 2. The van der Waals surface area contributed by atoms with Crippen molar-refractivity contribution in [2.24, 2.45) is 0 Å². The molecule has 192 valence electrons. The van der Waals surface area contributed by atoms with Crippen LogP contribution in [0.4, 0.5) is 17.3 Å². The van der Waals surface area contributed by atoms with E-state index in [1.165, 1.54) is 30.5 Å². The fourth-order valence-corrected chi connectivity index (χ4v) is 5.70. The van der Waals surface area contributed by atoms with Gasteiger partial charge in [-0.05, 0) is 80.8 Å². The number of amides is 1. The molecule has 1 amide bonds.